The first-order valence-electron chi connectivity index (χ1n) is 7.90. The Kier molecular flexibility index (Phi) is 3.12. The van der Waals surface area contributed by atoms with Gasteiger partial charge in [-0.15, -0.1) is 0 Å². The molecule has 3 rings (SSSR count). The number of fused-ring (bicyclic) bond motifs is 3. The topological polar surface area (TPSA) is 0 Å². The molecular weight excluding hydrogens is 284 g/mol. The van der Waals surface area contributed by atoms with Gasteiger partial charge in [0.05, 0.1) is 16.1 Å². The quantitative estimate of drug-likeness (QED) is 0.623. The molecule has 0 spiro atoms. The minimum absolute atomic E-state index is 0.313. The second-order valence-corrected chi connectivity index (χ2v) is 19.3. The molecule has 2 aromatic rings. The standard InChI is InChI=1S/C19H26Si2/c1-20(2,3)19(21(4,5)6)17-13-9-7-11-15(17)16-12-8-10-14-18(16)19/h7-14H,1-6H3. The molecule has 1 aliphatic rings. The first kappa shape index (κ1) is 14.8. The van der Waals surface area contributed by atoms with E-state index in [-0.39, 0.29) is 0 Å². The van der Waals surface area contributed by atoms with Gasteiger partial charge in [0, 0.05) is 4.66 Å². The van der Waals surface area contributed by atoms with E-state index in [4.69, 9.17) is 0 Å². The molecule has 0 aromatic heterocycles. The zero-order chi connectivity index (χ0) is 15.5. The Morgan fingerprint density at radius 2 is 0.905 bits per heavy atom. The average molecular weight is 311 g/mol. The third-order valence-corrected chi connectivity index (χ3v) is 15.3. The van der Waals surface area contributed by atoms with Gasteiger partial charge >= 0.3 is 0 Å². The van der Waals surface area contributed by atoms with Crippen molar-refractivity contribution >= 4 is 16.1 Å². The average Bonchev–Trinajstić information content (AvgIpc) is 2.69. The molecule has 0 heterocycles. The first-order valence-corrected chi connectivity index (χ1v) is 14.9. The zero-order valence-corrected chi connectivity index (χ0v) is 16.1. The summed E-state index contributed by atoms with van der Waals surface area (Å²) in [6, 6.07) is 18.3. The van der Waals surface area contributed by atoms with Crippen LogP contribution in [0.25, 0.3) is 11.1 Å². The lowest BCUT2D eigenvalue weighted by atomic mass is 10.1. The van der Waals surface area contributed by atoms with Crippen LogP contribution in [0.5, 0.6) is 0 Å². The largest absolute Gasteiger partial charge is 0.0688 e. The molecule has 0 amide bonds. The van der Waals surface area contributed by atoms with Crippen molar-refractivity contribution in [2.45, 2.75) is 43.9 Å². The smallest absolute Gasteiger partial charge is 0.0579 e. The number of rotatable bonds is 2. The van der Waals surface area contributed by atoms with Crippen molar-refractivity contribution in [1.82, 2.24) is 0 Å². The van der Waals surface area contributed by atoms with E-state index in [0.29, 0.717) is 4.66 Å². The molecule has 2 aromatic carbocycles. The highest BCUT2D eigenvalue weighted by atomic mass is 28.4. The SMILES string of the molecule is C[Si](C)(C)C1([Si](C)(C)C)c2ccccc2-c2ccccc21. The van der Waals surface area contributed by atoms with Crippen molar-refractivity contribution in [2.75, 3.05) is 0 Å². The van der Waals surface area contributed by atoms with Crippen molar-refractivity contribution in [3.63, 3.8) is 0 Å². The van der Waals surface area contributed by atoms with Gasteiger partial charge in [-0.25, -0.2) is 0 Å². The van der Waals surface area contributed by atoms with E-state index in [1.807, 2.05) is 0 Å². The summed E-state index contributed by atoms with van der Waals surface area (Å²) >= 11 is 0. The Bertz CT molecular complexity index is 626. The van der Waals surface area contributed by atoms with E-state index in [2.05, 4.69) is 87.8 Å². The van der Waals surface area contributed by atoms with Crippen LogP contribution < -0.4 is 0 Å². The van der Waals surface area contributed by atoms with Gasteiger partial charge in [0.2, 0.25) is 0 Å². The number of benzene rings is 2. The highest BCUT2D eigenvalue weighted by Crippen LogP contribution is 2.57. The van der Waals surface area contributed by atoms with Crippen LogP contribution in [-0.4, -0.2) is 16.1 Å². The van der Waals surface area contributed by atoms with Gasteiger partial charge < -0.3 is 0 Å². The molecule has 0 atom stereocenters. The molecule has 0 unspecified atom stereocenters. The summed E-state index contributed by atoms with van der Waals surface area (Å²) in [5.74, 6) is 0. The predicted molar refractivity (Wildman–Crippen MR) is 99.4 cm³/mol. The molecule has 21 heavy (non-hydrogen) atoms. The van der Waals surface area contributed by atoms with E-state index in [1.165, 1.54) is 11.1 Å². The maximum atomic E-state index is 2.56. The lowest BCUT2D eigenvalue weighted by molar-refractivity contribution is 0.952. The molecular formula is C19H26Si2. The fraction of sp³-hybridized carbons (Fsp3) is 0.368. The normalized spacial score (nSPS) is 16.5. The van der Waals surface area contributed by atoms with Crippen LogP contribution in [0.15, 0.2) is 48.5 Å². The minimum Gasteiger partial charge on any atom is -0.0688 e. The maximum Gasteiger partial charge on any atom is 0.0579 e. The monoisotopic (exact) mass is 310 g/mol. The van der Waals surface area contributed by atoms with Gasteiger partial charge in [-0.1, -0.05) is 87.8 Å². The molecule has 1 aliphatic carbocycles. The van der Waals surface area contributed by atoms with E-state index in [9.17, 15) is 0 Å². The van der Waals surface area contributed by atoms with Crippen molar-refractivity contribution in [2.24, 2.45) is 0 Å². The highest BCUT2D eigenvalue weighted by Gasteiger charge is 2.58. The van der Waals surface area contributed by atoms with Gasteiger partial charge in [-0.05, 0) is 22.3 Å². The molecule has 0 N–H and O–H groups in total. The van der Waals surface area contributed by atoms with Gasteiger partial charge in [0.25, 0.3) is 0 Å². The molecule has 0 bridgehead atoms. The molecule has 0 aliphatic heterocycles. The van der Waals surface area contributed by atoms with Crippen LogP contribution in [0.4, 0.5) is 0 Å². The third kappa shape index (κ3) is 1.78. The van der Waals surface area contributed by atoms with Gasteiger partial charge in [0.1, 0.15) is 0 Å². The minimum atomic E-state index is -1.45. The molecule has 0 saturated heterocycles. The highest BCUT2D eigenvalue weighted by molar-refractivity contribution is 6.99. The predicted octanol–water partition coefficient (Wildman–Crippen LogP) is 5.71. The van der Waals surface area contributed by atoms with Crippen LogP contribution in [0, 0.1) is 0 Å². The first-order chi connectivity index (χ1) is 9.71. The number of hydrogen-bond donors (Lipinski definition) is 0. The summed E-state index contributed by atoms with van der Waals surface area (Å²) in [4.78, 5) is 0. The van der Waals surface area contributed by atoms with E-state index < -0.39 is 16.1 Å². The summed E-state index contributed by atoms with van der Waals surface area (Å²) in [6.07, 6.45) is 0. The summed E-state index contributed by atoms with van der Waals surface area (Å²) in [7, 11) is -2.90. The van der Waals surface area contributed by atoms with Crippen molar-refractivity contribution in [3.8, 4) is 11.1 Å². The summed E-state index contributed by atoms with van der Waals surface area (Å²) in [6.45, 7) is 15.4. The van der Waals surface area contributed by atoms with Crippen LogP contribution in [0.3, 0.4) is 0 Å². The Morgan fingerprint density at radius 3 is 1.24 bits per heavy atom. The molecule has 2 heteroatoms. The van der Waals surface area contributed by atoms with Crippen LogP contribution in [0.2, 0.25) is 39.3 Å². The third-order valence-electron chi connectivity index (χ3n) is 5.20. The second-order valence-electron chi connectivity index (χ2n) is 8.34. The molecule has 0 nitrogen and oxygen atoms in total. The van der Waals surface area contributed by atoms with Crippen LogP contribution in [-0.2, 0) is 4.66 Å². The maximum absolute atomic E-state index is 2.56. The van der Waals surface area contributed by atoms with Gasteiger partial charge in [0.15, 0.2) is 0 Å². The van der Waals surface area contributed by atoms with E-state index in [1.54, 1.807) is 11.1 Å². The second kappa shape index (κ2) is 4.43. The fourth-order valence-electron chi connectivity index (χ4n) is 4.98. The molecule has 0 radical (unpaired) electrons. The summed E-state index contributed by atoms with van der Waals surface area (Å²) in [5, 5.41) is 0. The fourth-order valence-corrected chi connectivity index (χ4v) is 18.1. The summed E-state index contributed by atoms with van der Waals surface area (Å²) < 4.78 is 0.313. The van der Waals surface area contributed by atoms with Crippen molar-refractivity contribution in [1.29, 1.82) is 0 Å². The molecule has 0 saturated carbocycles. The molecule has 110 valence electrons. The van der Waals surface area contributed by atoms with Gasteiger partial charge in [-0.3, -0.25) is 0 Å². The van der Waals surface area contributed by atoms with Crippen LogP contribution in [0.1, 0.15) is 11.1 Å². The van der Waals surface area contributed by atoms with Crippen molar-refractivity contribution < 1.29 is 0 Å². The lowest BCUT2D eigenvalue weighted by Crippen LogP contribution is -2.63. The van der Waals surface area contributed by atoms with Gasteiger partial charge in [-0.2, -0.15) is 0 Å². The Morgan fingerprint density at radius 1 is 0.571 bits per heavy atom. The Labute approximate surface area is 131 Å². The Hall–Kier alpha value is -1.13. The van der Waals surface area contributed by atoms with E-state index >= 15 is 0 Å². The van der Waals surface area contributed by atoms with Crippen molar-refractivity contribution in [3.05, 3.63) is 59.7 Å². The zero-order valence-electron chi connectivity index (χ0n) is 14.1. The molecule has 0 fully saturated rings. The summed E-state index contributed by atoms with van der Waals surface area (Å²) in [5.41, 5.74) is 6.20. The van der Waals surface area contributed by atoms with Crippen LogP contribution >= 0.6 is 0 Å². The Balaban J connectivity index is 2.51. The number of hydrogen-bond acceptors (Lipinski definition) is 0. The van der Waals surface area contributed by atoms with E-state index in [0.717, 1.165) is 0 Å². The lowest BCUT2D eigenvalue weighted by Gasteiger charge is -2.51.